The summed E-state index contributed by atoms with van der Waals surface area (Å²) in [6, 6.07) is 3.32. The number of nitrogens with two attached hydrogens (primary N) is 1. The van der Waals surface area contributed by atoms with Gasteiger partial charge < -0.3 is 15.2 Å². The topological polar surface area (TPSA) is 44.5 Å². The third-order valence-electron chi connectivity index (χ3n) is 3.29. The van der Waals surface area contributed by atoms with Gasteiger partial charge in [0.25, 0.3) is 0 Å². The summed E-state index contributed by atoms with van der Waals surface area (Å²) in [5.41, 5.74) is 6.58. The van der Waals surface area contributed by atoms with E-state index in [9.17, 15) is 4.39 Å². The summed E-state index contributed by atoms with van der Waals surface area (Å²) in [6.07, 6.45) is 2.02. The molecule has 0 amide bonds. The van der Waals surface area contributed by atoms with Crippen LogP contribution in [0.25, 0.3) is 0 Å². The number of ether oxygens (including phenoxy) is 2. The number of hydrogen-bond acceptors (Lipinski definition) is 3. The van der Waals surface area contributed by atoms with E-state index in [-0.39, 0.29) is 11.2 Å². The zero-order chi connectivity index (χ0) is 11.8. The van der Waals surface area contributed by atoms with Crippen LogP contribution in [0.1, 0.15) is 18.4 Å². The van der Waals surface area contributed by atoms with Crippen molar-refractivity contribution in [1.82, 2.24) is 0 Å². The molecule has 0 unspecified atom stereocenters. The van der Waals surface area contributed by atoms with Gasteiger partial charge in [-0.15, -0.1) is 0 Å². The van der Waals surface area contributed by atoms with Crippen LogP contribution in [-0.4, -0.2) is 20.8 Å². The average Bonchev–Trinajstić information content (AvgIpc) is 3.08. The first-order chi connectivity index (χ1) is 7.66. The highest BCUT2D eigenvalue weighted by Gasteiger charge is 2.43. The molecule has 1 aliphatic carbocycles. The Morgan fingerprint density at radius 3 is 2.44 bits per heavy atom. The summed E-state index contributed by atoms with van der Waals surface area (Å²) in [5.74, 6) is 0.188. The van der Waals surface area contributed by atoms with Crippen molar-refractivity contribution in [2.75, 3.05) is 20.8 Å². The van der Waals surface area contributed by atoms with Crippen LogP contribution in [0.15, 0.2) is 12.1 Å². The molecule has 0 radical (unpaired) electrons. The minimum atomic E-state index is -0.392. The van der Waals surface area contributed by atoms with Crippen LogP contribution in [0.4, 0.5) is 4.39 Å². The minimum Gasteiger partial charge on any atom is -0.493 e. The standard InChI is InChI=1S/C12H16FNO2/c1-15-10-6-8(12(7-14)3-4-12)5-9(13)11(10)16-2/h5-6H,3-4,7,14H2,1-2H3. The second-order valence-corrected chi connectivity index (χ2v) is 4.18. The number of benzene rings is 1. The minimum absolute atomic E-state index is 0.0413. The van der Waals surface area contributed by atoms with E-state index < -0.39 is 5.82 Å². The third-order valence-corrected chi connectivity index (χ3v) is 3.29. The summed E-state index contributed by atoms with van der Waals surface area (Å²) in [5, 5.41) is 0. The van der Waals surface area contributed by atoms with Gasteiger partial charge in [0, 0.05) is 12.0 Å². The van der Waals surface area contributed by atoms with Gasteiger partial charge in [-0.1, -0.05) is 0 Å². The Morgan fingerprint density at radius 2 is 2.00 bits per heavy atom. The van der Waals surface area contributed by atoms with Crippen molar-refractivity contribution >= 4 is 0 Å². The van der Waals surface area contributed by atoms with Crippen LogP contribution in [0.2, 0.25) is 0 Å². The largest absolute Gasteiger partial charge is 0.493 e. The smallest absolute Gasteiger partial charge is 0.196 e. The Hall–Kier alpha value is -1.29. The maximum absolute atomic E-state index is 13.7. The van der Waals surface area contributed by atoms with Gasteiger partial charge in [-0.3, -0.25) is 0 Å². The van der Waals surface area contributed by atoms with Gasteiger partial charge in [0.15, 0.2) is 17.3 Å². The average molecular weight is 225 g/mol. The molecule has 88 valence electrons. The molecule has 16 heavy (non-hydrogen) atoms. The highest BCUT2D eigenvalue weighted by Crippen LogP contribution is 2.49. The van der Waals surface area contributed by atoms with E-state index in [2.05, 4.69) is 0 Å². The Balaban J connectivity index is 2.46. The third kappa shape index (κ3) is 1.63. The predicted octanol–water partition coefficient (Wildman–Crippen LogP) is 1.83. The molecule has 1 saturated carbocycles. The van der Waals surface area contributed by atoms with Crippen molar-refractivity contribution < 1.29 is 13.9 Å². The van der Waals surface area contributed by atoms with Crippen LogP contribution < -0.4 is 15.2 Å². The molecule has 0 bridgehead atoms. The Morgan fingerprint density at radius 1 is 1.31 bits per heavy atom. The quantitative estimate of drug-likeness (QED) is 0.850. The van der Waals surface area contributed by atoms with Crippen molar-refractivity contribution in [1.29, 1.82) is 0 Å². The molecular formula is C12H16FNO2. The normalized spacial score (nSPS) is 17.0. The summed E-state index contributed by atoms with van der Waals surface area (Å²) in [4.78, 5) is 0. The van der Waals surface area contributed by atoms with E-state index in [0.717, 1.165) is 18.4 Å². The number of halogens is 1. The molecule has 1 aromatic rings. The molecule has 3 nitrogen and oxygen atoms in total. The first-order valence-corrected chi connectivity index (χ1v) is 5.29. The Labute approximate surface area is 94.3 Å². The van der Waals surface area contributed by atoms with Gasteiger partial charge in [-0.05, 0) is 30.5 Å². The lowest BCUT2D eigenvalue weighted by Crippen LogP contribution is -2.20. The van der Waals surface area contributed by atoms with E-state index in [4.69, 9.17) is 15.2 Å². The Kier molecular flexibility index (Phi) is 2.76. The lowest BCUT2D eigenvalue weighted by atomic mass is 9.95. The molecule has 1 aromatic carbocycles. The van der Waals surface area contributed by atoms with E-state index >= 15 is 0 Å². The maximum Gasteiger partial charge on any atom is 0.196 e. The second kappa shape index (κ2) is 3.94. The van der Waals surface area contributed by atoms with Gasteiger partial charge in [-0.25, -0.2) is 4.39 Å². The summed E-state index contributed by atoms with van der Waals surface area (Å²) in [6.45, 7) is 0.544. The monoisotopic (exact) mass is 225 g/mol. The second-order valence-electron chi connectivity index (χ2n) is 4.18. The molecule has 0 spiro atoms. The van der Waals surface area contributed by atoms with Gasteiger partial charge in [0.1, 0.15) is 0 Å². The molecule has 2 rings (SSSR count). The van der Waals surface area contributed by atoms with E-state index in [1.54, 1.807) is 0 Å². The molecule has 1 aliphatic rings. The zero-order valence-electron chi connectivity index (χ0n) is 9.55. The number of hydrogen-bond donors (Lipinski definition) is 1. The molecular weight excluding hydrogens is 209 g/mol. The fraction of sp³-hybridized carbons (Fsp3) is 0.500. The van der Waals surface area contributed by atoms with E-state index in [1.165, 1.54) is 20.3 Å². The van der Waals surface area contributed by atoms with Crippen LogP contribution in [0, 0.1) is 5.82 Å². The van der Waals surface area contributed by atoms with Gasteiger partial charge in [0.2, 0.25) is 0 Å². The predicted molar refractivity (Wildman–Crippen MR) is 59.5 cm³/mol. The molecule has 0 aromatic heterocycles. The van der Waals surface area contributed by atoms with Crippen molar-refractivity contribution in [3.63, 3.8) is 0 Å². The van der Waals surface area contributed by atoms with Crippen molar-refractivity contribution in [3.8, 4) is 11.5 Å². The SMILES string of the molecule is COc1cc(C2(CN)CC2)cc(F)c1OC. The molecule has 4 heteroatoms. The summed E-state index contributed by atoms with van der Waals surface area (Å²) >= 11 is 0. The Bertz CT molecular complexity index is 402. The zero-order valence-corrected chi connectivity index (χ0v) is 9.55. The first-order valence-electron chi connectivity index (χ1n) is 5.29. The molecule has 1 fully saturated rings. The lowest BCUT2D eigenvalue weighted by Gasteiger charge is -2.16. The van der Waals surface area contributed by atoms with Crippen molar-refractivity contribution in [2.45, 2.75) is 18.3 Å². The maximum atomic E-state index is 13.7. The number of rotatable bonds is 4. The van der Waals surface area contributed by atoms with Crippen LogP contribution in [-0.2, 0) is 5.41 Å². The number of methoxy groups -OCH3 is 2. The molecule has 0 saturated heterocycles. The molecule has 0 heterocycles. The van der Waals surface area contributed by atoms with Gasteiger partial charge in [0.05, 0.1) is 14.2 Å². The van der Waals surface area contributed by atoms with Crippen molar-refractivity contribution in [3.05, 3.63) is 23.5 Å². The fourth-order valence-corrected chi connectivity index (χ4v) is 1.99. The summed E-state index contributed by atoms with van der Waals surface area (Å²) in [7, 11) is 2.93. The highest BCUT2D eigenvalue weighted by atomic mass is 19.1. The lowest BCUT2D eigenvalue weighted by molar-refractivity contribution is 0.336. The van der Waals surface area contributed by atoms with Crippen LogP contribution in [0.3, 0.4) is 0 Å². The van der Waals surface area contributed by atoms with Crippen LogP contribution in [0.5, 0.6) is 11.5 Å². The summed E-state index contributed by atoms with van der Waals surface area (Å²) < 4.78 is 23.8. The van der Waals surface area contributed by atoms with E-state index in [0.29, 0.717) is 12.3 Å². The molecule has 0 atom stereocenters. The molecule has 2 N–H and O–H groups in total. The van der Waals surface area contributed by atoms with Gasteiger partial charge in [-0.2, -0.15) is 0 Å². The molecule has 0 aliphatic heterocycles. The highest BCUT2D eigenvalue weighted by molar-refractivity contribution is 5.48. The van der Waals surface area contributed by atoms with Gasteiger partial charge >= 0.3 is 0 Å². The first kappa shape index (κ1) is 11.2. The fourth-order valence-electron chi connectivity index (χ4n) is 1.99. The van der Waals surface area contributed by atoms with E-state index in [1.807, 2.05) is 6.07 Å². The van der Waals surface area contributed by atoms with Crippen molar-refractivity contribution in [2.24, 2.45) is 5.73 Å². The van der Waals surface area contributed by atoms with Crippen LogP contribution >= 0.6 is 0 Å².